The molecule has 1 aliphatic heterocycles. The van der Waals surface area contributed by atoms with E-state index in [2.05, 4.69) is 27.0 Å². The molecule has 0 spiro atoms. The Morgan fingerprint density at radius 3 is 2.45 bits per heavy atom. The number of carbonyl (C=O) groups is 1. The second kappa shape index (κ2) is 6.15. The number of hydrogen-bond donors (Lipinski definition) is 0. The highest BCUT2D eigenvalue weighted by atomic mass is 16.5. The van der Waals surface area contributed by atoms with E-state index < -0.39 is 0 Å². The molecule has 2 aromatic rings. The normalized spacial score (nSPS) is 15.8. The van der Waals surface area contributed by atoms with Crippen molar-refractivity contribution in [3.8, 4) is 5.69 Å². The summed E-state index contributed by atoms with van der Waals surface area (Å²) in [5.41, 5.74) is 2.32. The number of piperazine rings is 1. The van der Waals surface area contributed by atoms with Crippen LogP contribution in [0.15, 0.2) is 30.9 Å². The van der Waals surface area contributed by atoms with E-state index >= 15 is 0 Å². The summed E-state index contributed by atoms with van der Waals surface area (Å²) in [6.45, 7) is 3.75. The molecule has 7 heteroatoms. The second-order valence-corrected chi connectivity index (χ2v) is 5.35. The van der Waals surface area contributed by atoms with Crippen LogP contribution in [0.3, 0.4) is 0 Å². The molecule has 1 aliphatic rings. The Balaban J connectivity index is 1.97. The minimum atomic E-state index is -0.330. The summed E-state index contributed by atoms with van der Waals surface area (Å²) < 4.78 is 6.71. The van der Waals surface area contributed by atoms with Gasteiger partial charge in [-0.25, -0.2) is 4.79 Å². The van der Waals surface area contributed by atoms with Crippen molar-refractivity contribution in [1.29, 1.82) is 0 Å². The van der Waals surface area contributed by atoms with Crippen molar-refractivity contribution >= 4 is 11.7 Å². The second-order valence-electron chi connectivity index (χ2n) is 5.35. The Morgan fingerprint density at radius 2 is 1.82 bits per heavy atom. The monoisotopic (exact) mass is 301 g/mol. The van der Waals surface area contributed by atoms with Gasteiger partial charge in [-0.1, -0.05) is 0 Å². The van der Waals surface area contributed by atoms with E-state index in [1.54, 1.807) is 17.2 Å². The number of methoxy groups -OCH3 is 1. The first-order chi connectivity index (χ1) is 10.7. The third kappa shape index (κ3) is 2.80. The molecule has 0 unspecified atom stereocenters. The fraction of sp³-hybridized carbons (Fsp3) is 0.400. The van der Waals surface area contributed by atoms with Crippen molar-refractivity contribution in [2.45, 2.75) is 0 Å². The van der Waals surface area contributed by atoms with Gasteiger partial charge in [-0.3, -0.25) is 4.57 Å². The quantitative estimate of drug-likeness (QED) is 0.782. The molecular formula is C15H19N5O2. The van der Waals surface area contributed by atoms with Gasteiger partial charge in [0.1, 0.15) is 12.7 Å². The molecular weight excluding hydrogens is 282 g/mol. The van der Waals surface area contributed by atoms with Gasteiger partial charge in [-0.2, -0.15) is 0 Å². The third-order valence-corrected chi connectivity index (χ3v) is 3.95. The standard InChI is InChI=1S/C15H19N5O2/c1-18-5-7-19(8-6-18)14-4-3-12(20-10-16-17-11-20)9-13(14)15(21)22-2/h3-4,9-11H,5-8H2,1-2H3. The minimum absolute atomic E-state index is 0.330. The van der Waals surface area contributed by atoms with E-state index in [1.807, 2.05) is 18.2 Å². The molecule has 0 atom stereocenters. The van der Waals surface area contributed by atoms with Gasteiger partial charge in [0.05, 0.1) is 18.4 Å². The zero-order chi connectivity index (χ0) is 15.5. The van der Waals surface area contributed by atoms with Crippen molar-refractivity contribution < 1.29 is 9.53 Å². The maximum Gasteiger partial charge on any atom is 0.340 e. The fourth-order valence-electron chi connectivity index (χ4n) is 2.62. The summed E-state index contributed by atoms with van der Waals surface area (Å²) in [6, 6.07) is 5.75. The van der Waals surface area contributed by atoms with Crippen LogP contribution in [0, 0.1) is 0 Å². The first-order valence-electron chi connectivity index (χ1n) is 7.20. The molecule has 0 amide bonds. The smallest absolute Gasteiger partial charge is 0.340 e. The highest BCUT2D eigenvalue weighted by Gasteiger charge is 2.21. The lowest BCUT2D eigenvalue weighted by Crippen LogP contribution is -2.45. The van der Waals surface area contributed by atoms with Crippen LogP contribution in [0.5, 0.6) is 0 Å². The molecule has 3 rings (SSSR count). The van der Waals surface area contributed by atoms with Crippen LogP contribution in [-0.2, 0) is 4.74 Å². The van der Waals surface area contributed by atoms with Crippen LogP contribution in [0.1, 0.15) is 10.4 Å². The van der Waals surface area contributed by atoms with Gasteiger partial charge in [0.15, 0.2) is 0 Å². The predicted molar refractivity (Wildman–Crippen MR) is 82.4 cm³/mol. The lowest BCUT2D eigenvalue weighted by Gasteiger charge is -2.35. The molecule has 1 saturated heterocycles. The highest BCUT2D eigenvalue weighted by molar-refractivity contribution is 5.96. The van der Waals surface area contributed by atoms with Gasteiger partial charge in [0.25, 0.3) is 0 Å². The van der Waals surface area contributed by atoms with Crippen molar-refractivity contribution in [3.63, 3.8) is 0 Å². The molecule has 0 saturated carbocycles. The third-order valence-electron chi connectivity index (χ3n) is 3.95. The van der Waals surface area contributed by atoms with E-state index in [9.17, 15) is 4.79 Å². The summed E-state index contributed by atoms with van der Waals surface area (Å²) in [5, 5.41) is 7.59. The van der Waals surface area contributed by atoms with E-state index in [0.717, 1.165) is 37.6 Å². The van der Waals surface area contributed by atoms with Gasteiger partial charge >= 0.3 is 5.97 Å². The molecule has 22 heavy (non-hydrogen) atoms. The number of anilines is 1. The summed E-state index contributed by atoms with van der Waals surface area (Å²) in [4.78, 5) is 16.7. The zero-order valence-corrected chi connectivity index (χ0v) is 12.8. The maximum atomic E-state index is 12.2. The van der Waals surface area contributed by atoms with Crippen LogP contribution in [0.4, 0.5) is 5.69 Å². The number of ether oxygens (including phenoxy) is 1. The average Bonchev–Trinajstić information content (AvgIpc) is 3.09. The van der Waals surface area contributed by atoms with Crippen LogP contribution in [0.2, 0.25) is 0 Å². The molecule has 0 N–H and O–H groups in total. The van der Waals surface area contributed by atoms with Crippen molar-refractivity contribution in [1.82, 2.24) is 19.7 Å². The van der Waals surface area contributed by atoms with Crippen LogP contribution >= 0.6 is 0 Å². The topological polar surface area (TPSA) is 63.5 Å². The summed E-state index contributed by atoms with van der Waals surface area (Å²) >= 11 is 0. The van der Waals surface area contributed by atoms with Crippen molar-refractivity contribution in [3.05, 3.63) is 36.4 Å². The molecule has 7 nitrogen and oxygen atoms in total. The largest absolute Gasteiger partial charge is 0.465 e. The van der Waals surface area contributed by atoms with Crippen LogP contribution in [-0.4, -0.2) is 66.0 Å². The number of carbonyl (C=O) groups excluding carboxylic acids is 1. The Hall–Kier alpha value is -2.41. The Bertz CT molecular complexity index is 648. The number of aromatic nitrogens is 3. The number of esters is 1. The van der Waals surface area contributed by atoms with Crippen molar-refractivity contribution in [2.24, 2.45) is 0 Å². The molecule has 1 aromatic heterocycles. The van der Waals surface area contributed by atoms with E-state index in [-0.39, 0.29) is 5.97 Å². The number of likely N-dealkylation sites (N-methyl/N-ethyl adjacent to an activating group) is 1. The number of benzene rings is 1. The number of hydrogen-bond acceptors (Lipinski definition) is 6. The first kappa shape index (κ1) is 14.5. The lowest BCUT2D eigenvalue weighted by molar-refractivity contribution is 0.0601. The lowest BCUT2D eigenvalue weighted by atomic mass is 10.1. The zero-order valence-electron chi connectivity index (χ0n) is 12.8. The van der Waals surface area contributed by atoms with Gasteiger partial charge in [0, 0.05) is 31.9 Å². The SMILES string of the molecule is COC(=O)c1cc(-n2cnnc2)ccc1N1CCN(C)CC1. The van der Waals surface area contributed by atoms with E-state index in [0.29, 0.717) is 5.56 Å². The van der Waals surface area contributed by atoms with Gasteiger partial charge in [0.2, 0.25) is 0 Å². The number of rotatable bonds is 3. The molecule has 116 valence electrons. The van der Waals surface area contributed by atoms with Gasteiger partial charge in [-0.15, -0.1) is 10.2 Å². The fourth-order valence-corrected chi connectivity index (χ4v) is 2.62. The molecule has 0 bridgehead atoms. The van der Waals surface area contributed by atoms with Gasteiger partial charge < -0.3 is 14.5 Å². The molecule has 0 radical (unpaired) electrons. The number of nitrogens with zero attached hydrogens (tertiary/aromatic N) is 5. The predicted octanol–water partition coefficient (Wildman–Crippen LogP) is 0.806. The molecule has 1 fully saturated rings. The molecule has 2 heterocycles. The molecule has 0 aliphatic carbocycles. The average molecular weight is 301 g/mol. The minimum Gasteiger partial charge on any atom is -0.465 e. The highest BCUT2D eigenvalue weighted by Crippen LogP contribution is 2.25. The maximum absolute atomic E-state index is 12.2. The molecule has 1 aromatic carbocycles. The Kier molecular flexibility index (Phi) is 4.06. The van der Waals surface area contributed by atoms with E-state index in [1.165, 1.54) is 7.11 Å². The first-order valence-corrected chi connectivity index (χ1v) is 7.20. The Morgan fingerprint density at radius 1 is 1.14 bits per heavy atom. The van der Waals surface area contributed by atoms with Gasteiger partial charge in [-0.05, 0) is 25.2 Å². The summed E-state index contributed by atoms with van der Waals surface area (Å²) in [5.74, 6) is -0.330. The summed E-state index contributed by atoms with van der Waals surface area (Å²) in [6.07, 6.45) is 3.21. The van der Waals surface area contributed by atoms with E-state index in [4.69, 9.17) is 4.74 Å². The van der Waals surface area contributed by atoms with Crippen molar-refractivity contribution in [2.75, 3.05) is 45.2 Å². The summed E-state index contributed by atoms with van der Waals surface area (Å²) in [7, 11) is 3.51. The van der Waals surface area contributed by atoms with Crippen LogP contribution in [0.25, 0.3) is 5.69 Å². The van der Waals surface area contributed by atoms with Crippen LogP contribution < -0.4 is 4.90 Å². The Labute approximate surface area is 129 Å².